The van der Waals surface area contributed by atoms with E-state index in [0.717, 1.165) is 16.7 Å². The number of aromatic nitrogens is 1. The van der Waals surface area contributed by atoms with Crippen molar-refractivity contribution in [3.63, 3.8) is 0 Å². The highest BCUT2D eigenvalue weighted by Crippen LogP contribution is 2.28. The molecule has 1 aromatic heterocycles. The first-order valence-electron chi connectivity index (χ1n) is 5.88. The Morgan fingerprint density at radius 2 is 1.67 bits per heavy atom. The Morgan fingerprint density at radius 1 is 1.00 bits per heavy atom. The average molecular weight is 238 g/mol. The number of hydrogen-bond acceptors (Lipinski definition) is 3. The molecule has 0 fully saturated rings. The van der Waals surface area contributed by atoms with Crippen LogP contribution in [-0.4, -0.2) is 4.98 Å². The predicted octanol–water partition coefficient (Wildman–Crippen LogP) is 3.05. The smallest absolute Gasteiger partial charge is 0.219 e. The van der Waals surface area contributed by atoms with Crippen LogP contribution in [0.3, 0.4) is 0 Å². The molecule has 2 aromatic carbocycles. The Morgan fingerprint density at radius 3 is 2.39 bits per heavy atom. The van der Waals surface area contributed by atoms with Crippen LogP contribution in [0.25, 0.3) is 11.1 Å². The third kappa shape index (κ3) is 1.69. The number of fused-ring (bicyclic) bond motifs is 1. The first-order chi connectivity index (χ1) is 8.68. The van der Waals surface area contributed by atoms with Crippen molar-refractivity contribution >= 4 is 11.1 Å². The molecule has 3 aromatic rings. The van der Waals surface area contributed by atoms with Crippen molar-refractivity contribution in [2.75, 3.05) is 0 Å². The van der Waals surface area contributed by atoms with Gasteiger partial charge < -0.3 is 10.2 Å². The van der Waals surface area contributed by atoms with Gasteiger partial charge in [-0.05, 0) is 24.6 Å². The summed E-state index contributed by atoms with van der Waals surface area (Å²) in [6.07, 6.45) is 0. The lowest BCUT2D eigenvalue weighted by Crippen LogP contribution is -2.34. The second kappa shape index (κ2) is 3.96. The lowest BCUT2D eigenvalue weighted by Gasteiger charge is -2.20. The molecular formula is C15H14N2O. The molecule has 0 amide bonds. The molecule has 18 heavy (non-hydrogen) atoms. The van der Waals surface area contributed by atoms with E-state index >= 15 is 0 Å². The standard InChI is InChI=1S/C15H14N2O/c1-15(16,11-7-3-2-4-8-11)14-17-12-9-5-6-10-13(12)18-14/h2-10H,16H2,1H3. The molecule has 0 aliphatic rings. The number of rotatable bonds is 2. The van der Waals surface area contributed by atoms with Gasteiger partial charge in [0.1, 0.15) is 11.1 Å². The summed E-state index contributed by atoms with van der Waals surface area (Å²) in [5, 5.41) is 0. The van der Waals surface area contributed by atoms with Gasteiger partial charge >= 0.3 is 0 Å². The molecule has 0 saturated carbocycles. The SMILES string of the molecule is CC(N)(c1ccccc1)c1nc2ccccc2o1. The second-order valence-corrected chi connectivity index (χ2v) is 4.56. The van der Waals surface area contributed by atoms with E-state index in [1.807, 2.05) is 61.5 Å². The zero-order valence-corrected chi connectivity index (χ0v) is 10.1. The fraction of sp³-hybridized carbons (Fsp3) is 0.133. The molecule has 0 bridgehead atoms. The highest BCUT2D eigenvalue weighted by Gasteiger charge is 2.29. The van der Waals surface area contributed by atoms with E-state index in [1.165, 1.54) is 0 Å². The van der Waals surface area contributed by atoms with Crippen LogP contribution < -0.4 is 5.73 Å². The first kappa shape index (κ1) is 11.0. The van der Waals surface area contributed by atoms with E-state index < -0.39 is 5.54 Å². The lowest BCUT2D eigenvalue weighted by molar-refractivity contribution is 0.418. The quantitative estimate of drug-likeness (QED) is 0.746. The molecule has 1 heterocycles. The molecule has 0 aliphatic heterocycles. The van der Waals surface area contributed by atoms with Gasteiger partial charge in [0.15, 0.2) is 5.58 Å². The molecule has 3 heteroatoms. The van der Waals surface area contributed by atoms with Gasteiger partial charge in [0.25, 0.3) is 0 Å². The van der Waals surface area contributed by atoms with Gasteiger partial charge in [-0.1, -0.05) is 42.5 Å². The number of benzene rings is 2. The maximum Gasteiger partial charge on any atom is 0.219 e. The molecule has 90 valence electrons. The minimum Gasteiger partial charge on any atom is -0.438 e. The molecule has 3 rings (SSSR count). The number of hydrogen-bond donors (Lipinski definition) is 1. The molecule has 3 nitrogen and oxygen atoms in total. The Kier molecular flexibility index (Phi) is 2.42. The molecule has 0 saturated heterocycles. The highest BCUT2D eigenvalue weighted by molar-refractivity contribution is 5.72. The van der Waals surface area contributed by atoms with E-state index in [0.29, 0.717) is 5.89 Å². The number of nitrogens with two attached hydrogens (primary N) is 1. The van der Waals surface area contributed by atoms with Crippen LogP contribution in [0, 0.1) is 0 Å². The van der Waals surface area contributed by atoms with E-state index in [-0.39, 0.29) is 0 Å². The molecule has 1 atom stereocenters. The van der Waals surface area contributed by atoms with Crippen LogP contribution in [0.5, 0.6) is 0 Å². The zero-order valence-electron chi connectivity index (χ0n) is 10.1. The Hall–Kier alpha value is -2.13. The zero-order chi connectivity index (χ0) is 12.6. The third-order valence-corrected chi connectivity index (χ3v) is 3.11. The number of oxazole rings is 1. The summed E-state index contributed by atoms with van der Waals surface area (Å²) in [4.78, 5) is 4.47. The summed E-state index contributed by atoms with van der Waals surface area (Å²) in [5.74, 6) is 0.537. The fourth-order valence-electron chi connectivity index (χ4n) is 2.00. The summed E-state index contributed by atoms with van der Waals surface area (Å²) in [5.41, 5.74) is 8.23. The Bertz CT molecular complexity index is 638. The van der Waals surface area contributed by atoms with E-state index in [4.69, 9.17) is 10.2 Å². The van der Waals surface area contributed by atoms with Crippen molar-refractivity contribution in [2.24, 2.45) is 5.73 Å². The summed E-state index contributed by atoms with van der Waals surface area (Å²) in [6, 6.07) is 17.5. The largest absolute Gasteiger partial charge is 0.438 e. The van der Waals surface area contributed by atoms with Gasteiger partial charge in [0.2, 0.25) is 5.89 Å². The van der Waals surface area contributed by atoms with Crippen molar-refractivity contribution < 1.29 is 4.42 Å². The Balaban J connectivity index is 2.13. The summed E-state index contributed by atoms with van der Waals surface area (Å²) in [6.45, 7) is 1.91. The third-order valence-electron chi connectivity index (χ3n) is 3.11. The molecule has 0 spiro atoms. The Labute approximate surface area is 105 Å². The molecule has 2 N–H and O–H groups in total. The van der Waals surface area contributed by atoms with Crippen LogP contribution in [0.15, 0.2) is 59.0 Å². The van der Waals surface area contributed by atoms with E-state index in [2.05, 4.69) is 4.98 Å². The van der Waals surface area contributed by atoms with Crippen LogP contribution in [0.4, 0.5) is 0 Å². The normalized spacial score (nSPS) is 14.6. The van der Waals surface area contributed by atoms with Crippen LogP contribution in [0.1, 0.15) is 18.4 Å². The van der Waals surface area contributed by atoms with Crippen molar-refractivity contribution in [3.05, 3.63) is 66.1 Å². The van der Waals surface area contributed by atoms with Gasteiger partial charge in [0.05, 0.1) is 0 Å². The van der Waals surface area contributed by atoms with Crippen LogP contribution >= 0.6 is 0 Å². The molecule has 0 radical (unpaired) electrons. The summed E-state index contributed by atoms with van der Waals surface area (Å²) in [7, 11) is 0. The predicted molar refractivity (Wildman–Crippen MR) is 71.1 cm³/mol. The highest BCUT2D eigenvalue weighted by atomic mass is 16.3. The monoisotopic (exact) mass is 238 g/mol. The number of nitrogens with zero attached hydrogens (tertiary/aromatic N) is 1. The van der Waals surface area contributed by atoms with E-state index in [1.54, 1.807) is 0 Å². The number of para-hydroxylation sites is 2. The van der Waals surface area contributed by atoms with Crippen molar-refractivity contribution in [2.45, 2.75) is 12.5 Å². The van der Waals surface area contributed by atoms with Crippen LogP contribution in [0.2, 0.25) is 0 Å². The maximum absolute atomic E-state index is 6.37. The molecule has 0 aliphatic carbocycles. The minimum atomic E-state index is -0.722. The second-order valence-electron chi connectivity index (χ2n) is 4.56. The topological polar surface area (TPSA) is 52.0 Å². The van der Waals surface area contributed by atoms with Gasteiger partial charge in [-0.15, -0.1) is 0 Å². The first-order valence-corrected chi connectivity index (χ1v) is 5.88. The lowest BCUT2D eigenvalue weighted by atomic mass is 9.93. The van der Waals surface area contributed by atoms with Crippen molar-refractivity contribution in [1.82, 2.24) is 4.98 Å². The van der Waals surface area contributed by atoms with Gasteiger partial charge in [-0.2, -0.15) is 0 Å². The van der Waals surface area contributed by atoms with Gasteiger partial charge in [-0.3, -0.25) is 0 Å². The van der Waals surface area contributed by atoms with E-state index in [9.17, 15) is 0 Å². The van der Waals surface area contributed by atoms with Crippen molar-refractivity contribution in [3.8, 4) is 0 Å². The van der Waals surface area contributed by atoms with Crippen LogP contribution in [-0.2, 0) is 5.54 Å². The average Bonchev–Trinajstić information content (AvgIpc) is 2.84. The van der Waals surface area contributed by atoms with Gasteiger partial charge in [-0.25, -0.2) is 4.98 Å². The minimum absolute atomic E-state index is 0.537. The fourth-order valence-corrected chi connectivity index (χ4v) is 2.00. The molecule has 1 unspecified atom stereocenters. The van der Waals surface area contributed by atoms with Crippen molar-refractivity contribution in [1.29, 1.82) is 0 Å². The summed E-state index contributed by atoms with van der Waals surface area (Å²) >= 11 is 0. The molecular weight excluding hydrogens is 224 g/mol. The summed E-state index contributed by atoms with van der Waals surface area (Å²) < 4.78 is 5.75. The van der Waals surface area contributed by atoms with Gasteiger partial charge in [0, 0.05) is 0 Å². The maximum atomic E-state index is 6.37.